The third-order valence-corrected chi connectivity index (χ3v) is 4.80. The van der Waals surface area contributed by atoms with Crippen molar-refractivity contribution in [2.24, 2.45) is 0 Å². The average Bonchev–Trinajstić information content (AvgIpc) is 3.05. The number of rotatable bonds is 2. The summed E-state index contributed by atoms with van der Waals surface area (Å²) in [6, 6.07) is 5.58. The first-order valence-electron chi connectivity index (χ1n) is 8.07. The molecule has 24 heavy (non-hydrogen) atoms. The molecule has 6 nitrogen and oxygen atoms in total. The lowest BCUT2D eigenvalue weighted by atomic mass is 10.0. The second-order valence-electron chi connectivity index (χ2n) is 6.27. The summed E-state index contributed by atoms with van der Waals surface area (Å²) in [6.45, 7) is 0. The quantitative estimate of drug-likeness (QED) is 0.625. The van der Waals surface area contributed by atoms with Crippen molar-refractivity contribution in [2.45, 2.75) is 38.1 Å². The Morgan fingerprint density at radius 2 is 2.04 bits per heavy atom. The fourth-order valence-corrected chi connectivity index (χ4v) is 3.52. The third kappa shape index (κ3) is 2.75. The summed E-state index contributed by atoms with van der Waals surface area (Å²) in [5.74, 6) is 0.937. The summed E-state index contributed by atoms with van der Waals surface area (Å²) in [5, 5.41) is 3.07. The Morgan fingerprint density at radius 1 is 1.25 bits per heavy atom. The van der Waals surface area contributed by atoms with Gasteiger partial charge in [0.2, 0.25) is 5.88 Å². The van der Waals surface area contributed by atoms with Crippen LogP contribution in [-0.4, -0.2) is 21.9 Å². The number of benzene rings is 1. The van der Waals surface area contributed by atoms with Crippen molar-refractivity contribution in [2.75, 3.05) is 0 Å². The Bertz CT molecular complexity index is 925. The molecule has 1 aromatic carbocycles. The number of ether oxygens (including phenoxy) is 1. The van der Waals surface area contributed by atoms with Gasteiger partial charge in [-0.15, -0.1) is 0 Å². The van der Waals surface area contributed by atoms with Crippen molar-refractivity contribution in [3.8, 4) is 11.6 Å². The van der Waals surface area contributed by atoms with Crippen LogP contribution in [0.2, 0.25) is 0 Å². The number of carbonyl (C=O) groups is 1. The first kappa shape index (κ1) is 15.1. The van der Waals surface area contributed by atoms with Gasteiger partial charge >= 0.3 is 0 Å². The van der Waals surface area contributed by atoms with E-state index in [1.165, 1.54) is 12.8 Å². The zero-order valence-corrected chi connectivity index (χ0v) is 13.8. The van der Waals surface area contributed by atoms with Crippen LogP contribution in [-0.2, 0) is 6.42 Å². The summed E-state index contributed by atoms with van der Waals surface area (Å²) in [6.07, 6.45) is 4.83. The minimum atomic E-state index is -0.264. The fourth-order valence-electron chi connectivity index (χ4n) is 3.34. The molecule has 0 radical (unpaired) electrons. The van der Waals surface area contributed by atoms with Crippen molar-refractivity contribution in [3.63, 3.8) is 0 Å². The van der Waals surface area contributed by atoms with Crippen molar-refractivity contribution in [1.82, 2.24) is 15.3 Å². The van der Waals surface area contributed by atoms with Gasteiger partial charge in [0, 0.05) is 23.6 Å². The maximum atomic E-state index is 12.4. The number of amides is 1. The van der Waals surface area contributed by atoms with E-state index in [0.29, 0.717) is 29.2 Å². The highest BCUT2D eigenvalue weighted by Gasteiger charge is 2.23. The van der Waals surface area contributed by atoms with Gasteiger partial charge in [-0.1, -0.05) is 12.8 Å². The van der Waals surface area contributed by atoms with Gasteiger partial charge in [0.1, 0.15) is 5.75 Å². The van der Waals surface area contributed by atoms with Gasteiger partial charge in [0.15, 0.2) is 4.77 Å². The topological polar surface area (TPSA) is 87.0 Å². The smallest absolute Gasteiger partial charge is 0.259 e. The number of hydrogen-bond donors (Lipinski definition) is 3. The van der Waals surface area contributed by atoms with Gasteiger partial charge in [-0.2, -0.15) is 0 Å². The predicted octanol–water partition coefficient (Wildman–Crippen LogP) is 2.80. The van der Waals surface area contributed by atoms with Crippen LogP contribution < -0.4 is 15.6 Å². The second kappa shape index (κ2) is 5.90. The van der Waals surface area contributed by atoms with E-state index in [2.05, 4.69) is 15.3 Å². The second-order valence-corrected chi connectivity index (χ2v) is 6.68. The zero-order valence-electron chi connectivity index (χ0n) is 13.0. The Morgan fingerprint density at radius 3 is 2.83 bits per heavy atom. The van der Waals surface area contributed by atoms with E-state index in [0.717, 1.165) is 18.4 Å². The summed E-state index contributed by atoms with van der Waals surface area (Å²) in [7, 11) is 0. The predicted molar refractivity (Wildman–Crippen MR) is 91.3 cm³/mol. The molecule has 0 atom stereocenters. The number of aromatic nitrogens is 2. The van der Waals surface area contributed by atoms with Crippen LogP contribution >= 0.6 is 12.2 Å². The SMILES string of the molecule is O=C(NC1CCCC1)c1ccc2c(c1)Cc1c([nH]c(=S)[nH]c1=O)O2. The normalized spacial score (nSPS) is 16.2. The number of fused-ring (bicyclic) bond motifs is 2. The van der Waals surface area contributed by atoms with Crippen LogP contribution in [0.5, 0.6) is 11.6 Å². The van der Waals surface area contributed by atoms with Crippen LogP contribution in [0.15, 0.2) is 23.0 Å². The molecule has 0 bridgehead atoms. The molecule has 0 unspecified atom stereocenters. The Balaban J connectivity index is 1.61. The van der Waals surface area contributed by atoms with Gasteiger partial charge in [-0.05, 0) is 43.3 Å². The van der Waals surface area contributed by atoms with Crippen molar-refractivity contribution in [3.05, 3.63) is 50.0 Å². The van der Waals surface area contributed by atoms with Gasteiger partial charge in [0.25, 0.3) is 11.5 Å². The molecule has 0 spiro atoms. The standard InChI is InChI=1S/C17H17N3O3S/c21-14(18-11-3-1-2-4-11)9-5-6-13-10(7-9)8-12-15(22)19-17(24)20-16(12)23-13/h5-7,11H,1-4,8H2,(H,18,21)(H2,19,20,22,24). The van der Waals surface area contributed by atoms with E-state index in [-0.39, 0.29) is 22.3 Å². The fraction of sp³-hybridized carbons (Fsp3) is 0.353. The van der Waals surface area contributed by atoms with E-state index >= 15 is 0 Å². The zero-order chi connectivity index (χ0) is 16.7. The lowest BCUT2D eigenvalue weighted by Gasteiger charge is -2.20. The van der Waals surface area contributed by atoms with Gasteiger partial charge < -0.3 is 15.0 Å². The van der Waals surface area contributed by atoms with Crippen molar-refractivity contribution in [1.29, 1.82) is 0 Å². The maximum Gasteiger partial charge on any atom is 0.259 e. The molecular weight excluding hydrogens is 326 g/mol. The van der Waals surface area contributed by atoms with Gasteiger partial charge in [-0.25, -0.2) is 0 Å². The molecule has 2 heterocycles. The van der Waals surface area contributed by atoms with E-state index in [1.807, 2.05) is 0 Å². The van der Waals surface area contributed by atoms with E-state index in [1.54, 1.807) is 18.2 Å². The number of aromatic amines is 2. The highest BCUT2D eigenvalue weighted by Crippen LogP contribution is 2.33. The Kier molecular flexibility index (Phi) is 3.72. The van der Waals surface area contributed by atoms with Crippen LogP contribution in [0.25, 0.3) is 0 Å². The number of hydrogen-bond acceptors (Lipinski definition) is 4. The minimum absolute atomic E-state index is 0.0723. The Labute approximate surface area is 143 Å². The van der Waals surface area contributed by atoms with E-state index < -0.39 is 0 Å². The van der Waals surface area contributed by atoms with E-state index in [9.17, 15) is 9.59 Å². The number of H-pyrrole nitrogens is 2. The number of nitrogens with one attached hydrogen (secondary N) is 3. The summed E-state index contributed by atoms with van der Waals surface area (Å²) < 4.78 is 5.96. The van der Waals surface area contributed by atoms with Crippen LogP contribution in [0.1, 0.15) is 47.2 Å². The molecular formula is C17H17N3O3S. The molecule has 2 aliphatic rings. The van der Waals surface area contributed by atoms with Crippen molar-refractivity contribution < 1.29 is 9.53 Å². The maximum absolute atomic E-state index is 12.4. The molecule has 7 heteroatoms. The number of carbonyl (C=O) groups excluding carboxylic acids is 1. The molecule has 1 aromatic heterocycles. The molecule has 1 saturated carbocycles. The van der Waals surface area contributed by atoms with Crippen molar-refractivity contribution >= 4 is 18.1 Å². The molecule has 2 aromatic rings. The lowest BCUT2D eigenvalue weighted by Crippen LogP contribution is -2.32. The molecule has 1 aliphatic carbocycles. The molecule has 0 saturated heterocycles. The summed E-state index contributed by atoms with van der Waals surface area (Å²) >= 11 is 4.96. The lowest BCUT2D eigenvalue weighted by molar-refractivity contribution is 0.0937. The largest absolute Gasteiger partial charge is 0.440 e. The highest BCUT2D eigenvalue weighted by molar-refractivity contribution is 7.71. The van der Waals surface area contributed by atoms with Crippen LogP contribution in [0, 0.1) is 4.77 Å². The van der Waals surface area contributed by atoms with Gasteiger partial charge in [-0.3, -0.25) is 14.6 Å². The molecule has 1 amide bonds. The Hall–Kier alpha value is -2.41. The molecule has 1 fully saturated rings. The van der Waals surface area contributed by atoms with Gasteiger partial charge in [0.05, 0.1) is 5.56 Å². The monoisotopic (exact) mass is 343 g/mol. The molecule has 4 rings (SSSR count). The van der Waals surface area contributed by atoms with E-state index in [4.69, 9.17) is 17.0 Å². The molecule has 1 aliphatic heterocycles. The summed E-state index contributed by atoms with van der Waals surface area (Å²) in [5.41, 5.74) is 1.63. The average molecular weight is 343 g/mol. The molecule has 124 valence electrons. The summed E-state index contributed by atoms with van der Waals surface area (Å²) in [4.78, 5) is 29.9. The highest BCUT2D eigenvalue weighted by atomic mass is 32.1. The molecule has 3 N–H and O–H groups in total. The third-order valence-electron chi connectivity index (χ3n) is 4.59. The minimum Gasteiger partial charge on any atom is -0.440 e. The van der Waals surface area contributed by atoms with Crippen LogP contribution in [0.3, 0.4) is 0 Å². The first-order valence-corrected chi connectivity index (χ1v) is 8.48. The first-order chi connectivity index (χ1) is 11.6. The van der Waals surface area contributed by atoms with Crippen LogP contribution in [0.4, 0.5) is 0 Å².